The Labute approximate surface area is 211 Å². The number of ketones is 1. The molecule has 16 heteroatoms. The van der Waals surface area contributed by atoms with Crippen LogP contribution in [0.2, 0.25) is 0 Å². The Bertz CT molecular complexity index is 735. The van der Waals surface area contributed by atoms with E-state index >= 15 is 0 Å². The number of Topliss-reactive ketones (excluding diaryl/α,β-unsaturated/α-hetero) is 1. The zero-order chi connectivity index (χ0) is 27.6. The second kappa shape index (κ2) is 12.9. The van der Waals surface area contributed by atoms with Crippen molar-refractivity contribution in [3.05, 3.63) is 0 Å². The van der Waals surface area contributed by atoms with Crippen LogP contribution in [0, 0.1) is 0 Å². The van der Waals surface area contributed by atoms with Gasteiger partial charge in [0.25, 0.3) is 0 Å². The van der Waals surface area contributed by atoms with E-state index < -0.39 is 112 Å². The molecule has 10 N–H and O–H groups in total. The van der Waals surface area contributed by atoms with E-state index in [2.05, 4.69) is 0 Å². The molecule has 0 bridgehead atoms. The smallest absolute Gasteiger partial charge is 0.187 e. The lowest BCUT2D eigenvalue weighted by Crippen LogP contribution is -2.66. The van der Waals surface area contributed by atoms with Gasteiger partial charge in [-0.1, -0.05) is 0 Å². The molecule has 3 saturated heterocycles. The van der Waals surface area contributed by atoms with Crippen LogP contribution < -0.4 is 0 Å². The highest BCUT2D eigenvalue weighted by molar-refractivity contribution is 5.76. The number of hydrogen-bond acceptors (Lipinski definition) is 16. The average Bonchev–Trinajstić information content (AvgIpc) is 2.87. The zero-order valence-corrected chi connectivity index (χ0v) is 19.9. The predicted octanol–water partition coefficient (Wildman–Crippen LogP) is -6.54. The minimum absolute atomic E-state index is 0.244. The molecule has 3 aliphatic rings. The third-order valence-corrected chi connectivity index (χ3v) is 6.70. The number of ether oxygens (including phenoxy) is 5. The van der Waals surface area contributed by atoms with Crippen LogP contribution in [-0.4, -0.2) is 169 Å². The molecular formula is C21H36O16. The highest BCUT2D eigenvalue weighted by atomic mass is 16.7. The number of aliphatic hydroxyl groups excluding tert-OH is 10. The number of hydrogen-bond donors (Lipinski definition) is 10. The van der Waals surface area contributed by atoms with Crippen LogP contribution in [0.4, 0.5) is 0 Å². The molecule has 0 aromatic rings. The fourth-order valence-corrected chi connectivity index (χ4v) is 4.61. The lowest BCUT2D eigenvalue weighted by Gasteiger charge is -2.48. The first-order valence-electron chi connectivity index (χ1n) is 11.8. The highest BCUT2D eigenvalue weighted by Crippen LogP contribution is 2.32. The van der Waals surface area contributed by atoms with Gasteiger partial charge in [0.2, 0.25) is 0 Å². The van der Waals surface area contributed by atoms with E-state index in [-0.39, 0.29) is 12.2 Å². The van der Waals surface area contributed by atoms with Gasteiger partial charge in [-0.05, 0) is 6.92 Å². The lowest BCUT2D eigenvalue weighted by atomic mass is 9.92. The Balaban J connectivity index is 1.71. The molecule has 0 aromatic carbocycles. The Morgan fingerprint density at radius 2 is 0.973 bits per heavy atom. The Hall–Kier alpha value is -0.930. The summed E-state index contributed by atoms with van der Waals surface area (Å²) in [4.78, 5) is 11.4. The van der Waals surface area contributed by atoms with E-state index in [0.29, 0.717) is 0 Å². The van der Waals surface area contributed by atoms with E-state index in [1.165, 1.54) is 6.92 Å². The summed E-state index contributed by atoms with van der Waals surface area (Å²) in [5, 5.41) is 101. The fourth-order valence-electron chi connectivity index (χ4n) is 4.61. The van der Waals surface area contributed by atoms with Crippen molar-refractivity contribution in [3.63, 3.8) is 0 Å². The summed E-state index contributed by atoms with van der Waals surface area (Å²) in [6.45, 7) is -1.01. The Morgan fingerprint density at radius 3 is 1.46 bits per heavy atom. The number of rotatable bonds is 9. The van der Waals surface area contributed by atoms with Crippen molar-refractivity contribution >= 4 is 5.78 Å². The maximum atomic E-state index is 11.4. The van der Waals surface area contributed by atoms with Crippen LogP contribution in [0.1, 0.15) is 13.3 Å². The maximum absolute atomic E-state index is 11.4. The summed E-state index contributed by atoms with van der Waals surface area (Å²) in [5.41, 5.74) is 0. The van der Waals surface area contributed by atoms with Gasteiger partial charge in [0.1, 0.15) is 79.0 Å². The topological polar surface area (TPSA) is 266 Å². The molecule has 3 rings (SSSR count). The monoisotopic (exact) mass is 544 g/mol. The molecule has 16 nitrogen and oxygen atoms in total. The van der Waals surface area contributed by atoms with E-state index in [9.17, 15) is 55.9 Å². The SMILES string of the molecule is CC(=O)C[C@@H]1OC(CO)[C@@H](O[C@H]2OC(CO)[C@@H](O[C@H]3OC(CO)[C@@H](O)C(O)[C@@H]3O)[C@H](O)C2O)C(O)[C@@H]1O. The van der Waals surface area contributed by atoms with Crippen LogP contribution in [0.3, 0.4) is 0 Å². The molecule has 0 aromatic heterocycles. The molecule has 3 fully saturated rings. The molecule has 15 atom stereocenters. The van der Waals surface area contributed by atoms with Crippen LogP contribution in [0.5, 0.6) is 0 Å². The molecule has 0 radical (unpaired) electrons. The molecule has 216 valence electrons. The van der Waals surface area contributed by atoms with Crippen molar-refractivity contribution < 1.29 is 79.5 Å². The van der Waals surface area contributed by atoms with Gasteiger partial charge < -0.3 is 74.7 Å². The van der Waals surface area contributed by atoms with Gasteiger partial charge in [-0.2, -0.15) is 0 Å². The van der Waals surface area contributed by atoms with Crippen molar-refractivity contribution in [1.29, 1.82) is 0 Å². The van der Waals surface area contributed by atoms with Gasteiger partial charge in [0, 0.05) is 6.42 Å². The zero-order valence-electron chi connectivity index (χ0n) is 19.9. The predicted molar refractivity (Wildman–Crippen MR) is 114 cm³/mol. The largest absolute Gasteiger partial charge is 0.394 e. The average molecular weight is 545 g/mol. The number of carbonyl (C=O) groups excluding carboxylic acids is 1. The molecule has 0 amide bonds. The van der Waals surface area contributed by atoms with Crippen LogP contribution in [-0.2, 0) is 28.5 Å². The third-order valence-electron chi connectivity index (χ3n) is 6.70. The summed E-state index contributed by atoms with van der Waals surface area (Å²) < 4.78 is 27.2. The van der Waals surface area contributed by atoms with Gasteiger partial charge in [-0.25, -0.2) is 0 Å². The summed E-state index contributed by atoms with van der Waals surface area (Å²) >= 11 is 0. The summed E-state index contributed by atoms with van der Waals surface area (Å²) in [5.74, 6) is -0.335. The lowest BCUT2D eigenvalue weighted by molar-refractivity contribution is -0.372. The Morgan fingerprint density at radius 1 is 0.568 bits per heavy atom. The van der Waals surface area contributed by atoms with Gasteiger partial charge in [-0.15, -0.1) is 0 Å². The highest BCUT2D eigenvalue weighted by Gasteiger charge is 2.53. The molecule has 6 unspecified atom stereocenters. The van der Waals surface area contributed by atoms with Gasteiger partial charge >= 0.3 is 0 Å². The van der Waals surface area contributed by atoms with Crippen molar-refractivity contribution in [1.82, 2.24) is 0 Å². The summed E-state index contributed by atoms with van der Waals surface area (Å²) in [6.07, 6.45) is -24.3. The van der Waals surface area contributed by atoms with Crippen molar-refractivity contribution in [2.45, 2.75) is 105 Å². The number of aliphatic hydroxyl groups is 10. The van der Waals surface area contributed by atoms with Gasteiger partial charge in [0.15, 0.2) is 12.6 Å². The fraction of sp³-hybridized carbons (Fsp3) is 0.952. The van der Waals surface area contributed by atoms with Crippen molar-refractivity contribution in [3.8, 4) is 0 Å². The first-order chi connectivity index (χ1) is 17.4. The van der Waals surface area contributed by atoms with E-state index in [1.807, 2.05) is 0 Å². The van der Waals surface area contributed by atoms with Crippen molar-refractivity contribution in [2.24, 2.45) is 0 Å². The van der Waals surface area contributed by atoms with E-state index in [1.54, 1.807) is 0 Å². The first-order valence-corrected chi connectivity index (χ1v) is 11.8. The summed E-state index contributed by atoms with van der Waals surface area (Å²) in [6, 6.07) is 0. The molecule has 0 aliphatic carbocycles. The number of carbonyl (C=O) groups is 1. The first kappa shape index (κ1) is 30.6. The molecule has 0 spiro atoms. The second-order valence-corrected chi connectivity index (χ2v) is 9.39. The second-order valence-electron chi connectivity index (χ2n) is 9.39. The third kappa shape index (κ3) is 6.46. The van der Waals surface area contributed by atoms with Crippen LogP contribution >= 0.6 is 0 Å². The molecule has 37 heavy (non-hydrogen) atoms. The maximum Gasteiger partial charge on any atom is 0.187 e. The molecule has 0 saturated carbocycles. The molecular weight excluding hydrogens is 508 g/mol. The van der Waals surface area contributed by atoms with Gasteiger partial charge in [-0.3, -0.25) is 4.79 Å². The quantitative estimate of drug-likeness (QED) is 0.129. The standard InChI is InChI=1S/C21H36O16/c1-6(25)2-7-11(26)14(29)18(9(4-23)33-7)36-21-17(32)15(30)19(10(5-24)35-21)37-20-16(31)13(28)12(27)8(3-22)34-20/h7-24,26-32H,2-5H2,1H3/t7-,8?,9?,10?,11+,12+,13?,14?,15+,16-,17?,18+,19+,20+,21+/m0/s1. The van der Waals surface area contributed by atoms with Crippen molar-refractivity contribution in [2.75, 3.05) is 19.8 Å². The van der Waals surface area contributed by atoms with E-state index in [4.69, 9.17) is 23.7 Å². The van der Waals surface area contributed by atoms with Crippen LogP contribution in [0.25, 0.3) is 0 Å². The molecule has 3 aliphatic heterocycles. The summed E-state index contributed by atoms with van der Waals surface area (Å²) in [7, 11) is 0. The van der Waals surface area contributed by atoms with Crippen LogP contribution in [0.15, 0.2) is 0 Å². The minimum Gasteiger partial charge on any atom is -0.394 e. The molecule has 3 heterocycles. The van der Waals surface area contributed by atoms with Gasteiger partial charge in [0.05, 0.1) is 25.9 Å². The minimum atomic E-state index is -1.91. The normalized spacial score (nSPS) is 49.1. The Kier molecular flexibility index (Phi) is 10.7. The van der Waals surface area contributed by atoms with E-state index in [0.717, 1.165) is 0 Å².